The Balaban J connectivity index is 0.00000341. The lowest BCUT2D eigenvalue weighted by Crippen LogP contribution is -2.64. The number of morpholine rings is 1. The molecule has 0 bridgehead atoms. The molecule has 0 aromatic rings. The van der Waals surface area contributed by atoms with Gasteiger partial charge in [0.1, 0.15) is 0 Å². The van der Waals surface area contributed by atoms with Gasteiger partial charge in [0.15, 0.2) is 5.96 Å². The molecule has 0 aromatic heterocycles. The molecule has 8 heteroatoms. The van der Waals surface area contributed by atoms with Crippen molar-refractivity contribution in [2.24, 2.45) is 16.3 Å². The number of hydrogen-bond donors (Lipinski definition) is 1. The number of unbranched alkanes of at least 4 members (excludes halogenated alkanes) is 1. The normalized spacial score (nSPS) is 26.8. The van der Waals surface area contributed by atoms with Gasteiger partial charge in [-0.05, 0) is 32.6 Å². The van der Waals surface area contributed by atoms with Crippen molar-refractivity contribution in [1.82, 2.24) is 15.1 Å². The first kappa shape index (κ1) is 26.6. The third-order valence-electron chi connectivity index (χ3n) is 7.07. The van der Waals surface area contributed by atoms with Crippen molar-refractivity contribution in [1.29, 1.82) is 0 Å². The van der Waals surface area contributed by atoms with Crippen molar-refractivity contribution in [2.45, 2.75) is 71.9 Å². The Morgan fingerprint density at radius 1 is 1.13 bits per heavy atom. The van der Waals surface area contributed by atoms with Gasteiger partial charge in [-0.2, -0.15) is 0 Å². The van der Waals surface area contributed by atoms with Crippen molar-refractivity contribution in [3.8, 4) is 0 Å². The highest BCUT2D eigenvalue weighted by Gasteiger charge is 2.49. The van der Waals surface area contributed by atoms with Crippen LogP contribution in [0.4, 0.5) is 0 Å². The number of likely N-dealkylation sites (tertiary alicyclic amines) is 1. The summed E-state index contributed by atoms with van der Waals surface area (Å²) >= 11 is 0. The maximum absolute atomic E-state index is 12.8. The molecule has 7 nitrogen and oxygen atoms in total. The van der Waals surface area contributed by atoms with E-state index in [-0.39, 0.29) is 35.3 Å². The van der Waals surface area contributed by atoms with Crippen LogP contribution in [0.25, 0.3) is 0 Å². The minimum absolute atomic E-state index is 0. The lowest BCUT2D eigenvalue weighted by Gasteiger charge is -2.52. The number of nitrogens with zero attached hydrogens (tertiary/aromatic N) is 3. The second-order valence-corrected chi connectivity index (χ2v) is 9.46. The predicted octanol–water partition coefficient (Wildman–Crippen LogP) is 3.12. The van der Waals surface area contributed by atoms with Gasteiger partial charge in [0, 0.05) is 56.7 Å². The van der Waals surface area contributed by atoms with E-state index in [0.717, 1.165) is 71.0 Å². The Kier molecular flexibility index (Phi) is 10.8. The topological polar surface area (TPSA) is 66.4 Å². The Hall–Kier alpha value is -0.610. The van der Waals surface area contributed by atoms with E-state index in [1.807, 2.05) is 4.90 Å². The number of guanidine groups is 1. The maximum Gasteiger partial charge on any atom is 0.225 e. The first-order valence-electron chi connectivity index (χ1n) is 12.0. The van der Waals surface area contributed by atoms with Crippen molar-refractivity contribution < 1.29 is 14.3 Å². The standard InChI is InChI=1S/C23H42N4O3.HI/c1-5-7-14-30-20-17-19(23(20,3)4)25-22(24-6-2)27-10-8-18(9-11-27)21(28)26-12-15-29-16-13-26;/h18-20H,5-17H2,1-4H3,(H,24,25);1H. The average Bonchev–Trinajstić information content (AvgIpc) is 2.77. The predicted molar refractivity (Wildman–Crippen MR) is 135 cm³/mol. The Bertz CT molecular complexity index is 587. The Morgan fingerprint density at radius 3 is 2.39 bits per heavy atom. The van der Waals surface area contributed by atoms with Crippen molar-refractivity contribution in [3.05, 3.63) is 0 Å². The molecular formula is C23H43IN4O3. The molecule has 31 heavy (non-hydrogen) atoms. The number of halogens is 1. The second-order valence-electron chi connectivity index (χ2n) is 9.46. The van der Waals surface area contributed by atoms with Gasteiger partial charge >= 0.3 is 0 Å². The monoisotopic (exact) mass is 550 g/mol. The van der Waals surface area contributed by atoms with Crippen molar-refractivity contribution in [3.63, 3.8) is 0 Å². The van der Waals surface area contributed by atoms with Crippen LogP contribution in [0.5, 0.6) is 0 Å². The van der Waals surface area contributed by atoms with Crippen LogP contribution in [-0.2, 0) is 14.3 Å². The zero-order valence-corrected chi connectivity index (χ0v) is 22.2. The summed E-state index contributed by atoms with van der Waals surface area (Å²) in [7, 11) is 0. The highest BCUT2D eigenvalue weighted by atomic mass is 127. The fourth-order valence-corrected chi connectivity index (χ4v) is 4.71. The Morgan fingerprint density at radius 2 is 1.81 bits per heavy atom. The average molecular weight is 551 g/mol. The number of amides is 1. The molecule has 1 aliphatic carbocycles. The number of ether oxygens (including phenoxy) is 2. The van der Waals surface area contributed by atoms with E-state index in [9.17, 15) is 4.79 Å². The molecule has 3 fully saturated rings. The number of hydrogen-bond acceptors (Lipinski definition) is 4. The van der Waals surface area contributed by atoms with Crippen LogP contribution in [0.2, 0.25) is 0 Å². The summed E-state index contributed by atoms with van der Waals surface area (Å²) in [6.45, 7) is 15.1. The van der Waals surface area contributed by atoms with Crippen LogP contribution in [0, 0.1) is 11.3 Å². The first-order valence-corrected chi connectivity index (χ1v) is 12.0. The molecule has 0 spiro atoms. The Labute approximate surface area is 205 Å². The number of carbonyl (C=O) groups excluding carboxylic acids is 1. The molecule has 2 heterocycles. The smallest absolute Gasteiger partial charge is 0.225 e. The molecule has 2 saturated heterocycles. The van der Waals surface area contributed by atoms with Crippen LogP contribution >= 0.6 is 24.0 Å². The lowest BCUT2D eigenvalue weighted by atomic mass is 9.64. The minimum Gasteiger partial charge on any atom is -0.378 e. The summed E-state index contributed by atoms with van der Waals surface area (Å²) in [6.07, 6.45) is 5.46. The molecule has 2 atom stereocenters. The zero-order valence-electron chi connectivity index (χ0n) is 19.9. The number of rotatable bonds is 7. The van der Waals surface area contributed by atoms with Crippen LogP contribution in [0.15, 0.2) is 4.99 Å². The third kappa shape index (κ3) is 6.69. The summed E-state index contributed by atoms with van der Waals surface area (Å²) in [5, 5.41) is 3.73. The van der Waals surface area contributed by atoms with Gasteiger partial charge < -0.3 is 24.6 Å². The number of carbonyl (C=O) groups is 1. The van der Waals surface area contributed by atoms with Crippen LogP contribution in [-0.4, -0.2) is 86.4 Å². The highest BCUT2D eigenvalue weighted by molar-refractivity contribution is 14.0. The summed E-state index contributed by atoms with van der Waals surface area (Å²) in [5.41, 5.74) is 0.104. The van der Waals surface area contributed by atoms with Gasteiger partial charge in [0.05, 0.1) is 19.3 Å². The van der Waals surface area contributed by atoms with Crippen molar-refractivity contribution >= 4 is 35.8 Å². The van der Waals surface area contributed by atoms with Gasteiger partial charge in [-0.3, -0.25) is 9.79 Å². The number of nitrogens with one attached hydrogen (secondary N) is 1. The SMILES string of the molecule is CCCCOC1CC(NC(=NCC)N2CCC(C(=O)N3CCOCC3)CC2)C1(C)C.I. The van der Waals surface area contributed by atoms with Crippen molar-refractivity contribution in [2.75, 3.05) is 52.5 Å². The molecule has 1 amide bonds. The molecule has 180 valence electrons. The van der Waals surface area contributed by atoms with Crippen LogP contribution in [0.3, 0.4) is 0 Å². The molecule has 2 unspecified atom stereocenters. The second kappa shape index (κ2) is 12.6. The molecule has 2 aliphatic heterocycles. The van der Waals surface area contributed by atoms with E-state index >= 15 is 0 Å². The number of aliphatic imine (C=N–C) groups is 1. The molecule has 3 rings (SSSR count). The lowest BCUT2D eigenvalue weighted by molar-refractivity contribution is -0.140. The van der Waals surface area contributed by atoms with Gasteiger partial charge in [-0.25, -0.2) is 0 Å². The summed E-state index contributed by atoms with van der Waals surface area (Å²) in [5.74, 6) is 1.45. The molecular weight excluding hydrogens is 507 g/mol. The summed E-state index contributed by atoms with van der Waals surface area (Å²) in [6, 6.07) is 0.377. The fourth-order valence-electron chi connectivity index (χ4n) is 4.71. The molecule has 1 saturated carbocycles. The minimum atomic E-state index is 0. The first-order chi connectivity index (χ1) is 14.5. The summed E-state index contributed by atoms with van der Waals surface area (Å²) in [4.78, 5) is 21.9. The molecule has 3 aliphatic rings. The quantitative estimate of drug-likeness (QED) is 0.229. The van der Waals surface area contributed by atoms with Gasteiger partial charge in [-0.1, -0.05) is 27.2 Å². The highest BCUT2D eigenvalue weighted by Crippen LogP contribution is 2.43. The number of piperidine rings is 1. The molecule has 0 radical (unpaired) electrons. The van der Waals surface area contributed by atoms with E-state index in [1.165, 1.54) is 6.42 Å². The largest absolute Gasteiger partial charge is 0.378 e. The van der Waals surface area contributed by atoms with Gasteiger partial charge in [-0.15, -0.1) is 24.0 Å². The summed E-state index contributed by atoms with van der Waals surface area (Å²) < 4.78 is 11.5. The van der Waals surface area contributed by atoms with E-state index in [0.29, 0.717) is 31.3 Å². The van der Waals surface area contributed by atoms with E-state index in [1.54, 1.807) is 0 Å². The molecule has 0 aromatic carbocycles. The van der Waals surface area contributed by atoms with E-state index < -0.39 is 0 Å². The zero-order chi connectivity index (χ0) is 21.6. The molecule has 1 N–H and O–H groups in total. The third-order valence-corrected chi connectivity index (χ3v) is 7.07. The van der Waals surface area contributed by atoms with E-state index in [4.69, 9.17) is 14.5 Å². The van der Waals surface area contributed by atoms with Gasteiger partial charge in [0.2, 0.25) is 5.91 Å². The van der Waals surface area contributed by atoms with Gasteiger partial charge in [0.25, 0.3) is 0 Å². The van der Waals surface area contributed by atoms with E-state index in [2.05, 4.69) is 37.9 Å². The fraction of sp³-hybridized carbons (Fsp3) is 0.913. The van der Waals surface area contributed by atoms with Crippen LogP contribution < -0.4 is 5.32 Å². The van der Waals surface area contributed by atoms with Crippen LogP contribution in [0.1, 0.15) is 59.8 Å². The maximum atomic E-state index is 12.8.